The monoisotopic (exact) mass is 403 g/mol. The van der Waals surface area contributed by atoms with Gasteiger partial charge in [0.25, 0.3) is 5.56 Å². The van der Waals surface area contributed by atoms with Crippen molar-refractivity contribution in [3.8, 4) is 16.9 Å². The molecule has 144 valence electrons. The molecule has 0 amide bonds. The highest BCUT2D eigenvalue weighted by molar-refractivity contribution is 6.31. The Kier molecular flexibility index (Phi) is 4.19. The fraction of sp³-hybridized carbons (Fsp3) is 0.125. The predicted octanol–water partition coefficient (Wildman–Crippen LogP) is 4.83. The van der Waals surface area contributed by atoms with Crippen molar-refractivity contribution in [2.75, 3.05) is 0 Å². The van der Waals surface area contributed by atoms with Gasteiger partial charge in [-0.2, -0.15) is 0 Å². The third kappa shape index (κ3) is 3.01. The smallest absolute Gasteiger partial charge is 0.251 e. The minimum atomic E-state index is -0.815. The first-order chi connectivity index (χ1) is 14.0. The van der Waals surface area contributed by atoms with Gasteiger partial charge in [-0.25, -0.2) is 0 Å². The Balaban J connectivity index is 1.86. The van der Waals surface area contributed by atoms with E-state index in [-0.39, 0.29) is 12.2 Å². The van der Waals surface area contributed by atoms with Crippen LogP contribution in [0.25, 0.3) is 22.0 Å². The molecule has 0 radical (unpaired) electrons. The molecular weight excluding hydrogens is 386 g/mol. The molecule has 1 aliphatic rings. The van der Waals surface area contributed by atoms with Gasteiger partial charge in [-0.15, -0.1) is 0 Å². The highest BCUT2D eigenvalue weighted by Gasteiger charge is 2.17. The summed E-state index contributed by atoms with van der Waals surface area (Å²) in [6.07, 6.45) is -0.815. The third-order valence-electron chi connectivity index (χ3n) is 5.51. The van der Waals surface area contributed by atoms with E-state index >= 15 is 0 Å². The topological polar surface area (TPSA) is 51.5 Å². The molecule has 0 saturated carbocycles. The lowest BCUT2D eigenvalue weighted by Gasteiger charge is -2.16. The SMILES string of the molecule is Cn1c(=O)cc2c3cc(ccc31)C(O)c1ccc(Cl)c(c1)COc1cccc-2c1. The van der Waals surface area contributed by atoms with Gasteiger partial charge in [-0.1, -0.05) is 35.9 Å². The molecule has 0 saturated heterocycles. The van der Waals surface area contributed by atoms with Crippen molar-refractivity contribution < 1.29 is 9.84 Å². The van der Waals surface area contributed by atoms with Crippen molar-refractivity contribution in [2.45, 2.75) is 12.7 Å². The van der Waals surface area contributed by atoms with E-state index in [1.54, 1.807) is 23.7 Å². The average Bonchev–Trinajstić information content (AvgIpc) is 2.74. The van der Waals surface area contributed by atoms with Gasteiger partial charge >= 0.3 is 0 Å². The summed E-state index contributed by atoms with van der Waals surface area (Å²) in [7, 11) is 1.75. The quantitative estimate of drug-likeness (QED) is 0.457. The number of fused-ring (bicyclic) bond motifs is 6. The van der Waals surface area contributed by atoms with Crippen molar-refractivity contribution >= 4 is 22.5 Å². The van der Waals surface area contributed by atoms with Crippen molar-refractivity contribution in [1.29, 1.82) is 0 Å². The number of aromatic nitrogens is 1. The molecule has 6 bridgehead atoms. The van der Waals surface area contributed by atoms with Gasteiger partial charge in [0.2, 0.25) is 0 Å². The summed E-state index contributed by atoms with van der Waals surface area (Å²) >= 11 is 6.35. The van der Waals surface area contributed by atoms with E-state index in [9.17, 15) is 9.90 Å². The van der Waals surface area contributed by atoms with Crippen LogP contribution < -0.4 is 10.3 Å². The predicted molar refractivity (Wildman–Crippen MR) is 114 cm³/mol. The van der Waals surface area contributed by atoms with E-state index in [1.165, 1.54) is 0 Å². The Bertz CT molecular complexity index is 1330. The van der Waals surface area contributed by atoms with E-state index < -0.39 is 6.10 Å². The highest BCUT2D eigenvalue weighted by Crippen LogP contribution is 2.34. The zero-order valence-electron chi connectivity index (χ0n) is 15.7. The second-order valence-corrected chi connectivity index (χ2v) is 7.71. The van der Waals surface area contributed by atoms with E-state index in [1.807, 2.05) is 54.6 Å². The van der Waals surface area contributed by atoms with Gasteiger partial charge in [-0.3, -0.25) is 4.79 Å². The van der Waals surface area contributed by atoms with Crippen molar-refractivity contribution in [2.24, 2.45) is 7.05 Å². The van der Waals surface area contributed by atoms with Crippen molar-refractivity contribution in [3.05, 3.63) is 98.8 Å². The highest BCUT2D eigenvalue weighted by atomic mass is 35.5. The fourth-order valence-electron chi connectivity index (χ4n) is 3.87. The first kappa shape index (κ1) is 18.0. The third-order valence-corrected chi connectivity index (χ3v) is 5.88. The molecule has 1 atom stereocenters. The number of aryl methyl sites for hydroxylation is 1. The molecule has 0 aliphatic carbocycles. The van der Waals surface area contributed by atoms with Crippen LogP contribution in [0.2, 0.25) is 5.02 Å². The Morgan fingerprint density at radius 2 is 1.83 bits per heavy atom. The van der Waals surface area contributed by atoms with Crippen LogP contribution in [-0.2, 0) is 13.7 Å². The molecule has 1 N–H and O–H groups in total. The molecule has 29 heavy (non-hydrogen) atoms. The minimum Gasteiger partial charge on any atom is -0.489 e. The van der Waals surface area contributed by atoms with Gasteiger partial charge in [-0.05, 0) is 58.7 Å². The lowest BCUT2D eigenvalue weighted by Crippen LogP contribution is -2.16. The van der Waals surface area contributed by atoms with Crippen LogP contribution in [0.4, 0.5) is 0 Å². The molecule has 1 unspecified atom stereocenters. The maximum atomic E-state index is 12.6. The van der Waals surface area contributed by atoms with Crippen LogP contribution in [0.1, 0.15) is 22.8 Å². The second kappa shape index (κ2) is 6.76. The van der Waals surface area contributed by atoms with Gasteiger partial charge < -0.3 is 14.4 Å². The number of aliphatic hydroxyl groups excluding tert-OH is 1. The number of halogens is 1. The Labute approximate surface area is 172 Å². The molecule has 3 aromatic carbocycles. The van der Waals surface area contributed by atoms with Crippen LogP contribution in [0.15, 0.2) is 71.5 Å². The number of ether oxygens (including phenoxy) is 1. The number of aliphatic hydroxyl groups is 1. The lowest BCUT2D eigenvalue weighted by molar-refractivity contribution is 0.220. The van der Waals surface area contributed by atoms with Crippen LogP contribution in [-0.4, -0.2) is 9.67 Å². The first-order valence-electron chi connectivity index (χ1n) is 9.34. The van der Waals surface area contributed by atoms with Gasteiger partial charge in [0.15, 0.2) is 0 Å². The summed E-state index contributed by atoms with van der Waals surface area (Å²) in [5.74, 6) is 0.689. The molecule has 1 aromatic heterocycles. The number of benzene rings is 3. The van der Waals surface area contributed by atoms with Crippen LogP contribution in [0.3, 0.4) is 0 Å². The molecular formula is C24H18ClNO3. The minimum absolute atomic E-state index is 0.0881. The fourth-order valence-corrected chi connectivity index (χ4v) is 4.04. The van der Waals surface area contributed by atoms with Crippen LogP contribution in [0, 0.1) is 0 Å². The van der Waals surface area contributed by atoms with Crippen molar-refractivity contribution in [3.63, 3.8) is 0 Å². The van der Waals surface area contributed by atoms with Crippen LogP contribution >= 0.6 is 11.6 Å². The summed E-state index contributed by atoms with van der Waals surface area (Å²) in [5.41, 5.74) is 4.71. The Morgan fingerprint density at radius 3 is 2.69 bits per heavy atom. The van der Waals surface area contributed by atoms with E-state index in [2.05, 4.69) is 0 Å². The Hall–Kier alpha value is -3.08. The lowest BCUT2D eigenvalue weighted by atomic mass is 9.95. The molecule has 4 aromatic rings. The Morgan fingerprint density at radius 1 is 1.03 bits per heavy atom. The first-order valence-corrected chi connectivity index (χ1v) is 9.72. The van der Waals surface area contributed by atoms with Gasteiger partial charge in [0, 0.05) is 29.1 Å². The number of hydrogen-bond donors (Lipinski definition) is 1. The normalized spacial score (nSPS) is 15.3. The molecule has 1 aliphatic heterocycles. The maximum Gasteiger partial charge on any atom is 0.251 e. The molecule has 2 heterocycles. The van der Waals surface area contributed by atoms with Gasteiger partial charge in [0.1, 0.15) is 18.5 Å². The van der Waals surface area contributed by atoms with E-state index in [4.69, 9.17) is 16.3 Å². The van der Waals surface area contributed by atoms with E-state index in [0.717, 1.165) is 38.7 Å². The maximum absolute atomic E-state index is 12.6. The zero-order chi connectivity index (χ0) is 20.1. The zero-order valence-corrected chi connectivity index (χ0v) is 16.5. The molecule has 4 nitrogen and oxygen atoms in total. The summed E-state index contributed by atoms with van der Waals surface area (Å²) in [6.45, 7) is 0.284. The molecule has 5 heteroatoms. The number of hydrogen-bond acceptors (Lipinski definition) is 3. The second-order valence-electron chi connectivity index (χ2n) is 7.30. The van der Waals surface area contributed by atoms with Gasteiger partial charge in [0.05, 0.1) is 5.52 Å². The summed E-state index contributed by atoms with van der Waals surface area (Å²) in [5, 5.41) is 12.5. The number of rotatable bonds is 0. The number of nitrogens with zero attached hydrogens (tertiary/aromatic N) is 1. The van der Waals surface area contributed by atoms with E-state index in [0.29, 0.717) is 10.8 Å². The average molecular weight is 404 g/mol. The standard InChI is InChI=1S/C24H18ClNO3/c1-26-22-8-6-16-11-20(22)19(12-23(26)27)14-3-2-4-18(10-14)29-13-17-9-15(24(16)28)5-7-21(17)25/h2-12,24,28H,13H2,1H3. The summed E-state index contributed by atoms with van der Waals surface area (Å²) in [4.78, 5) is 12.6. The van der Waals surface area contributed by atoms with Crippen LogP contribution in [0.5, 0.6) is 5.75 Å². The number of pyridine rings is 1. The summed E-state index contributed by atoms with van der Waals surface area (Å²) < 4.78 is 7.59. The largest absolute Gasteiger partial charge is 0.489 e. The molecule has 0 fully saturated rings. The molecule has 5 rings (SSSR count). The summed E-state index contributed by atoms with van der Waals surface area (Å²) in [6, 6.07) is 20.5. The molecule has 0 spiro atoms. The van der Waals surface area contributed by atoms with Crippen molar-refractivity contribution in [1.82, 2.24) is 4.57 Å².